The van der Waals surface area contributed by atoms with E-state index in [0.717, 1.165) is 0 Å². The maximum Gasteiger partial charge on any atom is 0.408 e. The Labute approximate surface area is 204 Å². The number of alkyl carbamates (subject to hydrolysis) is 1. The second kappa shape index (κ2) is 12.9. The highest BCUT2D eigenvalue weighted by Gasteiger charge is 2.37. The number of unbranched alkanes of at least 4 members (excludes halogenated alkanes) is 1. The van der Waals surface area contributed by atoms with E-state index in [1.807, 2.05) is 13.8 Å². The number of carbonyl (C=O) groups excluding carboxylic acids is 4. The van der Waals surface area contributed by atoms with E-state index in [1.54, 1.807) is 27.7 Å². The average Bonchev–Trinajstić information content (AvgIpc) is 2.63. The number of hydrogen-bond donors (Lipinski definition) is 2. The van der Waals surface area contributed by atoms with E-state index in [-0.39, 0.29) is 29.5 Å². The number of Topliss-reactive ketones (excluding diaryl/α,β-unsaturated/α-hetero) is 2. The van der Waals surface area contributed by atoms with Gasteiger partial charge < -0.3 is 20.1 Å². The summed E-state index contributed by atoms with van der Waals surface area (Å²) in [6.45, 7) is 15.7. The number of hydrogen-bond acceptors (Lipinski definition) is 7. The van der Waals surface area contributed by atoms with Crippen molar-refractivity contribution in [1.29, 1.82) is 0 Å². The monoisotopic (exact) mass is 480 g/mol. The molecule has 0 spiro atoms. The highest BCUT2D eigenvalue weighted by atomic mass is 16.6. The maximum atomic E-state index is 12.7. The number of esters is 1. The lowest BCUT2D eigenvalue weighted by Crippen LogP contribution is -2.44. The second-order valence-corrected chi connectivity index (χ2v) is 11.2. The number of ether oxygens (including phenoxy) is 2. The smallest absolute Gasteiger partial charge is 0.408 e. The summed E-state index contributed by atoms with van der Waals surface area (Å²) in [5.41, 5.74) is 0.0685. The predicted octanol–water partition coefficient (Wildman–Crippen LogP) is 4.46. The molecule has 1 rings (SSSR count). The molecule has 0 saturated heterocycles. The van der Waals surface area contributed by atoms with Crippen molar-refractivity contribution in [2.75, 3.05) is 13.2 Å². The van der Waals surface area contributed by atoms with Gasteiger partial charge in [-0.25, -0.2) is 9.59 Å². The summed E-state index contributed by atoms with van der Waals surface area (Å²) in [5, 5.41) is 5.92. The minimum Gasteiger partial charge on any atom is -0.464 e. The number of ketones is 2. The highest BCUT2D eigenvalue weighted by molar-refractivity contribution is 6.22. The van der Waals surface area contributed by atoms with Crippen molar-refractivity contribution >= 4 is 23.6 Å². The quantitative estimate of drug-likeness (QED) is 0.194. The summed E-state index contributed by atoms with van der Waals surface area (Å²) < 4.78 is 10.3. The third-order valence-corrected chi connectivity index (χ3v) is 5.27. The fraction of sp³-hybridized carbons (Fsp3) is 0.769. The first-order chi connectivity index (χ1) is 15.6. The van der Waals surface area contributed by atoms with Crippen LogP contribution in [0.5, 0.6) is 0 Å². The molecule has 1 atom stereocenters. The Morgan fingerprint density at radius 2 is 1.65 bits per heavy atom. The molecular formula is C26H44N2O6. The zero-order valence-electron chi connectivity index (χ0n) is 22.3. The van der Waals surface area contributed by atoms with Crippen molar-refractivity contribution in [2.45, 2.75) is 106 Å². The van der Waals surface area contributed by atoms with Gasteiger partial charge in [0.05, 0.1) is 12.2 Å². The van der Waals surface area contributed by atoms with Crippen molar-refractivity contribution in [3.05, 3.63) is 11.3 Å². The number of nitrogens with one attached hydrogen (secondary N) is 2. The lowest BCUT2D eigenvalue weighted by Gasteiger charge is -2.30. The number of amides is 1. The molecule has 1 fully saturated rings. The standard InChI is InChI=1S/C26H44N2O6/c1-9-33-23(31)18(28-24(32)34-25(4,5)6)12-10-11-13-27-19(14-17(2)3)22-20(29)15-26(7,8)16-21(22)30/h17-18,27H,9-16H2,1-8H3,(H,28,32)/t18-/m0/s1. The van der Waals surface area contributed by atoms with Crippen LogP contribution < -0.4 is 10.6 Å². The molecule has 1 aliphatic carbocycles. The van der Waals surface area contributed by atoms with Gasteiger partial charge >= 0.3 is 12.1 Å². The van der Waals surface area contributed by atoms with Crippen molar-refractivity contribution in [2.24, 2.45) is 11.3 Å². The van der Waals surface area contributed by atoms with E-state index >= 15 is 0 Å². The molecule has 194 valence electrons. The van der Waals surface area contributed by atoms with Crippen molar-refractivity contribution < 1.29 is 28.7 Å². The SMILES string of the molecule is CCOC(=O)[C@H](CCCCNC(CC(C)C)=C1C(=O)CC(C)(C)CC1=O)NC(=O)OC(C)(C)C. The molecule has 8 heteroatoms. The Hall–Kier alpha value is -2.38. The zero-order valence-corrected chi connectivity index (χ0v) is 22.3. The van der Waals surface area contributed by atoms with E-state index in [1.165, 1.54) is 0 Å². The fourth-order valence-electron chi connectivity index (χ4n) is 3.93. The van der Waals surface area contributed by atoms with E-state index in [4.69, 9.17) is 9.47 Å². The number of rotatable bonds is 11. The normalized spacial score (nSPS) is 16.8. The van der Waals surface area contributed by atoms with Gasteiger partial charge in [0.25, 0.3) is 0 Å². The Morgan fingerprint density at radius 3 is 2.15 bits per heavy atom. The summed E-state index contributed by atoms with van der Waals surface area (Å²) in [6, 6.07) is -0.799. The fourth-order valence-corrected chi connectivity index (χ4v) is 3.93. The third-order valence-electron chi connectivity index (χ3n) is 5.27. The van der Waals surface area contributed by atoms with Gasteiger partial charge in [0, 0.05) is 25.1 Å². The first kappa shape index (κ1) is 29.7. The number of allylic oxidation sites excluding steroid dienone is 2. The Morgan fingerprint density at radius 1 is 1.06 bits per heavy atom. The minimum absolute atomic E-state index is 0.0895. The van der Waals surface area contributed by atoms with Crippen LogP contribution in [0.1, 0.15) is 93.9 Å². The van der Waals surface area contributed by atoms with Crippen molar-refractivity contribution in [1.82, 2.24) is 10.6 Å². The summed E-state index contributed by atoms with van der Waals surface area (Å²) in [7, 11) is 0. The van der Waals surface area contributed by atoms with Gasteiger partial charge in [-0.05, 0) is 64.7 Å². The Bertz CT molecular complexity index is 755. The van der Waals surface area contributed by atoms with Crippen molar-refractivity contribution in [3.8, 4) is 0 Å². The molecule has 1 amide bonds. The second-order valence-electron chi connectivity index (χ2n) is 11.2. The lowest BCUT2D eigenvalue weighted by atomic mass is 9.73. The molecule has 34 heavy (non-hydrogen) atoms. The van der Waals surface area contributed by atoms with Gasteiger partial charge in [-0.15, -0.1) is 0 Å². The first-order valence-corrected chi connectivity index (χ1v) is 12.3. The molecule has 8 nitrogen and oxygen atoms in total. The van der Waals surface area contributed by atoms with Crippen LogP contribution in [0.15, 0.2) is 11.3 Å². The van der Waals surface area contributed by atoms with Crippen molar-refractivity contribution in [3.63, 3.8) is 0 Å². The zero-order chi connectivity index (χ0) is 26.1. The highest BCUT2D eigenvalue weighted by Crippen LogP contribution is 2.35. The summed E-state index contributed by atoms with van der Waals surface area (Å²) in [6.07, 6.45) is 2.41. The van der Waals surface area contributed by atoms with Crippen LogP contribution in [0.4, 0.5) is 4.79 Å². The van der Waals surface area contributed by atoms with E-state index in [9.17, 15) is 19.2 Å². The van der Waals surface area contributed by atoms with E-state index < -0.39 is 23.7 Å². The first-order valence-electron chi connectivity index (χ1n) is 12.3. The van der Waals surface area contributed by atoms with Gasteiger partial charge in [0.2, 0.25) is 0 Å². The largest absolute Gasteiger partial charge is 0.464 e. The van der Waals surface area contributed by atoms with Crippen LogP contribution in [-0.4, -0.2) is 48.4 Å². The molecule has 0 aliphatic heterocycles. The molecule has 1 aliphatic rings. The van der Waals surface area contributed by atoms with Crippen LogP contribution in [-0.2, 0) is 23.9 Å². The van der Waals surface area contributed by atoms with Crippen LogP contribution in [0.2, 0.25) is 0 Å². The molecule has 0 radical (unpaired) electrons. The minimum atomic E-state index is -0.799. The van der Waals surface area contributed by atoms with Crippen LogP contribution >= 0.6 is 0 Å². The molecule has 1 saturated carbocycles. The van der Waals surface area contributed by atoms with E-state index in [2.05, 4.69) is 24.5 Å². The average molecular weight is 481 g/mol. The lowest BCUT2D eigenvalue weighted by molar-refractivity contribution is -0.145. The maximum absolute atomic E-state index is 12.7. The van der Waals surface area contributed by atoms with Gasteiger partial charge in [0.15, 0.2) is 11.6 Å². The van der Waals surface area contributed by atoms with Crippen LogP contribution in [0.25, 0.3) is 0 Å². The molecular weight excluding hydrogens is 436 g/mol. The molecule has 0 aromatic rings. The van der Waals surface area contributed by atoms with E-state index in [0.29, 0.717) is 56.3 Å². The Kier molecular flexibility index (Phi) is 11.3. The van der Waals surface area contributed by atoms with Gasteiger partial charge in [0.1, 0.15) is 11.6 Å². The molecule has 0 bridgehead atoms. The number of carbonyl (C=O) groups is 4. The van der Waals surface area contributed by atoms with Gasteiger partial charge in [-0.2, -0.15) is 0 Å². The molecule has 2 N–H and O–H groups in total. The van der Waals surface area contributed by atoms with Gasteiger partial charge in [-0.3, -0.25) is 9.59 Å². The third kappa shape index (κ3) is 10.7. The summed E-state index contributed by atoms with van der Waals surface area (Å²) >= 11 is 0. The Balaban J connectivity index is 2.74. The molecule has 0 aromatic carbocycles. The summed E-state index contributed by atoms with van der Waals surface area (Å²) in [4.78, 5) is 49.9. The molecule has 0 unspecified atom stereocenters. The van der Waals surface area contributed by atoms with Crippen LogP contribution in [0, 0.1) is 11.3 Å². The predicted molar refractivity (Wildman–Crippen MR) is 131 cm³/mol. The molecule has 0 heterocycles. The van der Waals surface area contributed by atoms with Gasteiger partial charge in [-0.1, -0.05) is 27.7 Å². The van der Waals surface area contributed by atoms with Crippen LogP contribution in [0.3, 0.4) is 0 Å². The topological polar surface area (TPSA) is 111 Å². The summed E-state index contributed by atoms with van der Waals surface area (Å²) in [5.74, 6) is -0.386. The molecule has 0 aromatic heterocycles.